The Morgan fingerprint density at radius 3 is 2.67 bits per heavy atom. The van der Waals surface area contributed by atoms with Gasteiger partial charge < -0.3 is 10.2 Å². The number of hydrogen-bond acceptors (Lipinski definition) is 3. The molecule has 0 amide bonds. The van der Waals surface area contributed by atoms with Crippen molar-refractivity contribution in [3.63, 3.8) is 0 Å². The molecule has 0 spiro atoms. The maximum Gasteiger partial charge on any atom is 0.0617 e. The van der Waals surface area contributed by atoms with Gasteiger partial charge in [0, 0.05) is 19.3 Å². The zero-order chi connectivity index (χ0) is 13.0. The smallest absolute Gasteiger partial charge is 0.0617 e. The van der Waals surface area contributed by atoms with Gasteiger partial charge in [0.05, 0.1) is 23.8 Å². The Labute approximate surface area is 108 Å². The fourth-order valence-electron chi connectivity index (χ4n) is 2.07. The van der Waals surface area contributed by atoms with E-state index in [-0.39, 0.29) is 0 Å². The molecule has 0 aliphatic rings. The molecule has 1 N–H and O–H groups in total. The van der Waals surface area contributed by atoms with Crippen LogP contribution in [0.25, 0.3) is 0 Å². The van der Waals surface area contributed by atoms with Crippen LogP contribution in [0.1, 0.15) is 12.5 Å². The Bertz CT molecular complexity index is 523. The van der Waals surface area contributed by atoms with E-state index >= 15 is 0 Å². The Balaban J connectivity index is 2.42. The topological polar surface area (TPSA) is 28.2 Å². The molecule has 2 rings (SSSR count). The summed E-state index contributed by atoms with van der Waals surface area (Å²) in [6.45, 7) is 5.20. The SMILES string of the molecule is CCN(c1cncc(NC)c1)c1ccccc1C. The van der Waals surface area contributed by atoms with Crippen molar-refractivity contribution < 1.29 is 0 Å². The first-order chi connectivity index (χ1) is 8.76. The predicted octanol–water partition coefficient (Wildman–Crippen LogP) is 3.59. The van der Waals surface area contributed by atoms with Crippen LogP contribution in [0.4, 0.5) is 17.1 Å². The van der Waals surface area contributed by atoms with Crippen LogP contribution in [0.15, 0.2) is 42.7 Å². The third kappa shape index (κ3) is 2.45. The zero-order valence-corrected chi connectivity index (χ0v) is 11.1. The third-order valence-electron chi connectivity index (χ3n) is 3.05. The third-order valence-corrected chi connectivity index (χ3v) is 3.05. The van der Waals surface area contributed by atoms with Crippen LogP contribution < -0.4 is 10.2 Å². The lowest BCUT2D eigenvalue weighted by atomic mass is 10.1. The monoisotopic (exact) mass is 241 g/mol. The van der Waals surface area contributed by atoms with Gasteiger partial charge in [-0.15, -0.1) is 0 Å². The van der Waals surface area contributed by atoms with E-state index in [9.17, 15) is 0 Å². The second kappa shape index (κ2) is 5.54. The molecule has 0 aliphatic heterocycles. The second-order valence-electron chi connectivity index (χ2n) is 4.21. The number of benzene rings is 1. The van der Waals surface area contributed by atoms with Crippen LogP contribution in [-0.4, -0.2) is 18.6 Å². The molecule has 1 aromatic heterocycles. The number of rotatable bonds is 4. The van der Waals surface area contributed by atoms with Crippen LogP contribution in [0, 0.1) is 6.92 Å². The van der Waals surface area contributed by atoms with E-state index in [4.69, 9.17) is 0 Å². The Morgan fingerprint density at radius 2 is 2.00 bits per heavy atom. The largest absolute Gasteiger partial charge is 0.387 e. The summed E-state index contributed by atoms with van der Waals surface area (Å²) in [7, 11) is 1.91. The lowest BCUT2D eigenvalue weighted by Crippen LogP contribution is -2.17. The summed E-state index contributed by atoms with van der Waals surface area (Å²) in [5.41, 5.74) is 4.64. The van der Waals surface area contributed by atoms with Crippen LogP contribution in [0.3, 0.4) is 0 Å². The first-order valence-corrected chi connectivity index (χ1v) is 6.22. The summed E-state index contributed by atoms with van der Waals surface area (Å²) < 4.78 is 0. The van der Waals surface area contributed by atoms with Crippen molar-refractivity contribution in [2.75, 3.05) is 23.8 Å². The van der Waals surface area contributed by atoms with Crippen LogP contribution in [-0.2, 0) is 0 Å². The molecule has 1 heterocycles. The molecule has 3 heteroatoms. The average Bonchev–Trinajstić information content (AvgIpc) is 2.42. The zero-order valence-electron chi connectivity index (χ0n) is 11.1. The summed E-state index contributed by atoms with van der Waals surface area (Å²) in [6.07, 6.45) is 3.73. The lowest BCUT2D eigenvalue weighted by molar-refractivity contribution is 1.01. The number of pyridine rings is 1. The molecule has 2 aromatic rings. The Morgan fingerprint density at radius 1 is 1.22 bits per heavy atom. The molecule has 0 aliphatic carbocycles. The molecule has 94 valence electrons. The van der Waals surface area contributed by atoms with Crippen molar-refractivity contribution in [2.45, 2.75) is 13.8 Å². The molecule has 0 radical (unpaired) electrons. The summed E-state index contributed by atoms with van der Waals surface area (Å²) >= 11 is 0. The summed E-state index contributed by atoms with van der Waals surface area (Å²) in [5, 5.41) is 3.12. The van der Waals surface area contributed by atoms with E-state index in [1.165, 1.54) is 11.3 Å². The number of anilines is 3. The molecular weight excluding hydrogens is 222 g/mol. The minimum Gasteiger partial charge on any atom is -0.387 e. The average molecular weight is 241 g/mol. The van der Waals surface area contributed by atoms with E-state index in [2.05, 4.69) is 59.4 Å². The molecule has 18 heavy (non-hydrogen) atoms. The molecule has 1 aromatic carbocycles. The highest BCUT2D eigenvalue weighted by atomic mass is 15.1. The highest BCUT2D eigenvalue weighted by molar-refractivity contribution is 5.68. The molecule has 0 saturated carbocycles. The van der Waals surface area contributed by atoms with Gasteiger partial charge in [-0.1, -0.05) is 18.2 Å². The van der Waals surface area contributed by atoms with Gasteiger partial charge in [0.2, 0.25) is 0 Å². The van der Waals surface area contributed by atoms with Crippen molar-refractivity contribution in [1.29, 1.82) is 0 Å². The molecule has 0 fully saturated rings. The minimum absolute atomic E-state index is 0.916. The number of nitrogens with one attached hydrogen (secondary N) is 1. The maximum absolute atomic E-state index is 4.28. The Hall–Kier alpha value is -2.03. The first-order valence-electron chi connectivity index (χ1n) is 6.22. The van der Waals surface area contributed by atoms with Crippen LogP contribution in [0.5, 0.6) is 0 Å². The minimum atomic E-state index is 0.916. The quantitative estimate of drug-likeness (QED) is 0.886. The van der Waals surface area contributed by atoms with Crippen molar-refractivity contribution in [3.8, 4) is 0 Å². The molecule has 0 atom stereocenters. The predicted molar refractivity (Wildman–Crippen MR) is 77.6 cm³/mol. The first kappa shape index (κ1) is 12.4. The molecule has 3 nitrogen and oxygen atoms in total. The maximum atomic E-state index is 4.28. The van der Waals surface area contributed by atoms with E-state index in [0.717, 1.165) is 17.9 Å². The number of aryl methyl sites for hydroxylation is 1. The highest BCUT2D eigenvalue weighted by Gasteiger charge is 2.09. The Kier molecular flexibility index (Phi) is 3.82. The molecule has 0 saturated heterocycles. The number of hydrogen-bond donors (Lipinski definition) is 1. The van der Waals surface area contributed by atoms with Gasteiger partial charge >= 0.3 is 0 Å². The molecular formula is C15H19N3. The van der Waals surface area contributed by atoms with Gasteiger partial charge in [-0.3, -0.25) is 4.98 Å². The van der Waals surface area contributed by atoms with Crippen molar-refractivity contribution >= 4 is 17.1 Å². The summed E-state index contributed by atoms with van der Waals surface area (Å²) in [5.74, 6) is 0. The van der Waals surface area contributed by atoms with Gasteiger partial charge in [-0.2, -0.15) is 0 Å². The van der Waals surface area contributed by atoms with Crippen molar-refractivity contribution in [3.05, 3.63) is 48.3 Å². The van der Waals surface area contributed by atoms with E-state index in [0.29, 0.717) is 0 Å². The standard InChI is InChI=1S/C15H19N3/c1-4-18(15-8-6-5-7-12(15)2)14-9-13(16-3)10-17-11-14/h5-11,16H,4H2,1-3H3. The van der Waals surface area contributed by atoms with Gasteiger partial charge in [-0.05, 0) is 31.5 Å². The van der Waals surface area contributed by atoms with Crippen molar-refractivity contribution in [2.24, 2.45) is 0 Å². The normalized spacial score (nSPS) is 10.2. The lowest BCUT2D eigenvalue weighted by Gasteiger charge is -2.25. The van der Waals surface area contributed by atoms with Crippen LogP contribution in [0.2, 0.25) is 0 Å². The van der Waals surface area contributed by atoms with Gasteiger partial charge in [0.25, 0.3) is 0 Å². The van der Waals surface area contributed by atoms with Crippen LogP contribution >= 0.6 is 0 Å². The van der Waals surface area contributed by atoms with Gasteiger partial charge in [0.15, 0.2) is 0 Å². The number of nitrogens with zero attached hydrogens (tertiary/aromatic N) is 2. The fourth-order valence-corrected chi connectivity index (χ4v) is 2.07. The number of aromatic nitrogens is 1. The van der Waals surface area contributed by atoms with Crippen molar-refractivity contribution in [1.82, 2.24) is 4.98 Å². The van der Waals surface area contributed by atoms with Gasteiger partial charge in [0.1, 0.15) is 0 Å². The molecule has 0 bridgehead atoms. The molecule has 0 unspecified atom stereocenters. The van der Waals surface area contributed by atoms with Gasteiger partial charge in [-0.25, -0.2) is 0 Å². The summed E-state index contributed by atoms with van der Waals surface area (Å²) in [6, 6.07) is 10.5. The van der Waals surface area contributed by atoms with E-state index in [1.807, 2.05) is 19.4 Å². The van der Waals surface area contributed by atoms with E-state index in [1.54, 1.807) is 0 Å². The number of para-hydroxylation sites is 1. The summed E-state index contributed by atoms with van der Waals surface area (Å²) in [4.78, 5) is 6.54. The van der Waals surface area contributed by atoms with E-state index < -0.39 is 0 Å². The second-order valence-corrected chi connectivity index (χ2v) is 4.21. The fraction of sp³-hybridized carbons (Fsp3) is 0.267. The highest BCUT2D eigenvalue weighted by Crippen LogP contribution is 2.28.